The van der Waals surface area contributed by atoms with Gasteiger partial charge < -0.3 is 15.4 Å². The number of urea groups is 1. The van der Waals surface area contributed by atoms with Gasteiger partial charge in [-0.25, -0.2) is 9.18 Å². The van der Waals surface area contributed by atoms with E-state index in [-0.39, 0.29) is 24.6 Å². The summed E-state index contributed by atoms with van der Waals surface area (Å²) in [5, 5.41) is 5.12. The van der Waals surface area contributed by atoms with Crippen LogP contribution in [-0.2, 0) is 19.1 Å². The second-order valence-corrected chi connectivity index (χ2v) is 6.65. The molecular formula is C18H20FN3O5. The van der Waals surface area contributed by atoms with Crippen LogP contribution in [-0.4, -0.2) is 47.4 Å². The van der Waals surface area contributed by atoms with Crippen molar-refractivity contribution in [2.75, 3.05) is 18.5 Å². The van der Waals surface area contributed by atoms with E-state index in [0.717, 1.165) is 23.8 Å². The highest BCUT2D eigenvalue weighted by molar-refractivity contribution is 6.07. The van der Waals surface area contributed by atoms with E-state index in [9.17, 15) is 23.6 Å². The number of hydrogen-bond acceptors (Lipinski definition) is 5. The van der Waals surface area contributed by atoms with Gasteiger partial charge in [0.2, 0.25) is 0 Å². The maximum Gasteiger partial charge on any atom is 0.325 e. The quantitative estimate of drug-likeness (QED) is 0.578. The number of benzene rings is 1. The second kappa shape index (κ2) is 7.73. The number of nitrogens with one attached hydrogen (secondary N) is 2. The molecule has 9 heteroatoms. The first-order chi connectivity index (χ1) is 12.9. The summed E-state index contributed by atoms with van der Waals surface area (Å²) in [5.41, 5.74) is -0.566. The number of carbonyl (C=O) groups excluding carboxylic acids is 4. The maximum atomic E-state index is 13.1. The highest BCUT2D eigenvalue weighted by Crippen LogP contribution is 2.35. The molecule has 0 radical (unpaired) electrons. The van der Waals surface area contributed by atoms with Crippen molar-refractivity contribution < 1.29 is 28.3 Å². The summed E-state index contributed by atoms with van der Waals surface area (Å²) >= 11 is 0. The van der Waals surface area contributed by atoms with E-state index < -0.39 is 35.9 Å². The van der Waals surface area contributed by atoms with Crippen molar-refractivity contribution >= 4 is 29.5 Å². The first-order valence-electron chi connectivity index (χ1n) is 8.75. The predicted molar refractivity (Wildman–Crippen MR) is 92.0 cm³/mol. The Morgan fingerprint density at radius 3 is 2.70 bits per heavy atom. The van der Waals surface area contributed by atoms with Gasteiger partial charge in [-0.15, -0.1) is 0 Å². The third-order valence-electron chi connectivity index (χ3n) is 4.72. The van der Waals surface area contributed by atoms with E-state index in [1.807, 2.05) is 0 Å². The summed E-state index contributed by atoms with van der Waals surface area (Å²) in [4.78, 5) is 49.0. The number of imide groups is 1. The minimum atomic E-state index is -0.814. The van der Waals surface area contributed by atoms with Crippen LogP contribution in [0.25, 0.3) is 0 Å². The normalized spacial score (nSPS) is 17.9. The number of hydrogen-bond donors (Lipinski definition) is 2. The predicted octanol–water partition coefficient (Wildman–Crippen LogP) is 1.56. The van der Waals surface area contributed by atoms with Crippen molar-refractivity contribution in [3.63, 3.8) is 0 Å². The van der Waals surface area contributed by atoms with Crippen LogP contribution in [0.4, 0.5) is 14.9 Å². The second-order valence-electron chi connectivity index (χ2n) is 6.65. The standard InChI is InChI=1S/C18H20FN3O5/c19-12-4-3-5-13(10-12)20-14(23)11-27-15(24)6-9-22-16(25)18(21-17(22)26)7-1-2-8-18/h3-5,10H,1-2,6-9,11H2,(H,20,23)(H,21,26). The number of amides is 4. The van der Waals surface area contributed by atoms with Crippen LogP contribution in [0.1, 0.15) is 32.1 Å². The lowest BCUT2D eigenvalue weighted by Gasteiger charge is -2.19. The molecule has 8 nitrogen and oxygen atoms in total. The van der Waals surface area contributed by atoms with Gasteiger partial charge in [-0.3, -0.25) is 19.3 Å². The van der Waals surface area contributed by atoms with Crippen LogP contribution in [0.3, 0.4) is 0 Å². The molecule has 144 valence electrons. The Kier molecular flexibility index (Phi) is 5.38. The van der Waals surface area contributed by atoms with Gasteiger partial charge in [0.1, 0.15) is 11.4 Å². The fourth-order valence-corrected chi connectivity index (χ4v) is 3.38. The average molecular weight is 377 g/mol. The molecule has 1 aromatic rings. The van der Waals surface area contributed by atoms with Gasteiger partial charge in [0.15, 0.2) is 6.61 Å². The molecule has 3 rings (SSSR count). The number of ether oxygens (including phenoxy) is 1. The molecule has 0 atom stereocenters. The van der Waals surface area contributed by atoms with Crippen molar-refractivity contribution in [2.45, 2.75) is 37.6 Å². The topological polar surface area (TPSA) is 105 Å². The average Bonchev–Trinajstić information content (AvgIpc) is 3.17. The van der Waals surface area contributed by atoms with Crippen molar-refractivity contribution in [1.82, 2.24) is 10.2 Å². The molecular weight excluding hydrogens is 357 g/mol. The molecule has 1 heterocycles. The van der Waals surface area contributed by atoms with E-state index in [2.05, 4.69) is 10.6 Å². The first kappa shape index (κ1) is 18.8. The number of rotatable bonds is 6. The number of esters is 1. The molecule has 1 aliphatic heterocycles. The summed E-state index contributed by atoms with van der Waals surface area (Å²) in [5.74, 6) is -2.13. The van der Waals surface area contributed by atoms with Gasteiger partial charge >= 0.3 is 12.0 Å². The van der Waals surface area contributed by atoms with Crippen LogP contribution >= 0.6 is 0 Å². The third-order valence-corrected chi connectivity index (χ3v) is 4.72. The summed E-state index contributed by atoms with van der Waals surface area (Å²) in [6, 6.07) is 4.81. The monoisotopic (exact) mass is 377 g/mol. The minimum absolute atomic E-state index is 0.100. The zero-order valence-electron chi connectivity index (χ0n) is 14.6. The summed E-state index contributed by atoms with van der Waals surface area (Å²) in [6.45, 7) is -0.643. The molecule has 27 heavy (non-hydrogen) atoms. The molecule has 0 unspecified atom stereocenters. The lowest BCUT2D eigenvalue weighted by Crippen LogP contribution is -2.44. The van der Waals surface area contributed by atoms with Crippen molar-refractivity contribution in [3.05, 3.63) is 30.1 Å². The van der Waals surface area contributed by atoms with Crippen molar-refractivity contribution in [3.8, 4) is 0 Å². The largest absolute Gasteiger partial charge is 0.456 e. The zero-order chi connectivity index (χ0) is 19.4. The Morgan fingerprint density at radius 2 is 2.00 bits per heavy atom. The van der Waals surface area contributed by atoms with Crippen LogP contribution in [0.15, 0.2) is 24.3 Å². The number of anilines is 1. The number of carbonyl (C=O) groups is 4. The van der Waals surface area contributed by atoms with E-state index >= 15 is 0 Å². The SMILES string of the molecule is O=C(COC(=O)CCN1C(=O)NC2(CCCC2)C1=O)Nc1cccc(F)c1. The lowest BCUT2D eigenvalue weighted by atomic mass is 9.98. The van der Waals surface area contributed by atoms with E-state index in [4.69, 9.17) is 4.74 Å². The van der Waals surface area contributed by atoms with E-state index in [1.54, 1.807) is 0 Å². The smallest absolute Gasteiger partial charge is 0.325 e. The van der Waals surface area contributed by atoms with Gasteiger partial charge in [-0.1, -0.05) is 18.9 Å². The Morgan fingerprint density at radius 1 is 1.26 bits per heavy atom. The summed E-state index contributed by atoms with van der Waals surface area (Å²) in [6.07, 6.45) is 2.77. The fourth-order valence-electron chi connectivity index (χ4n) is 3.38. The first-order valence-corrected chi connectivity index (χ1v) is 8.75. The minimum Gasteiger partial charge on any atom is -0.456 e. The molecule has 2 fully saturated rings. The molecule has 2 N–H and O–H groups in total. The van der Waals surface area contributed by atoms with Gasteiger partial charge in [0.05, 0.1) is 6.42 Å². The van der Waals surface area contributed by atoms with Gasteiger partial charge in [-0.2, -0.15) is 0 Å². The lowest BCUT2D eigenvalue weighted by molar-refractivity contribution is -0.147. The zero-order valence-corrected chi connectivity index (χ0v) is 14.6. The molecule has 1 saturated heterocycles. The van der Waals surface area contributed by atoms with Crippen molar-refractivity contribution in [1.29, 1.82) is 0 Å². The Labute approximate surface area is 155 Å². The molecule has 1 saturated carbocycles. The van der Waals surface area contributed by atoms with Gasteiger partial charge in [-0.05, 0) is 31.0 Å². The Bertz CT molecular complexity index is 776. The fraction of sp³-hybridized carbons (Fsp3) is 0.444. The summed E-state index contributed by atoms with van der Waals surface area (Å²) in [7, 11) is 0. The van der Waals surface area contributed by atoms with E-state index in [1.165, 1.54) is 18.2 Å². The van der Waals surface area contributed by atoms with Crippen molar-refractivity contribution in [2.24, 2.45) is 0 Å². The van der Waals surface area contributed by atoms with Crippen LogP contribution < -0.4 is 10.6 Å². The molecule has 1 aromatic carbocycles. The Hall–Kier alpha value is -2.97. The third kappa shape index (κ3) is 4.24. The van der Waals surface area contributed by atoms with Crippen LogP contribution in [0.2, 0.25) is 0 Å². The number of halogens is 1. The van der Waals surface area contributed by atoms with Crippen LogP contribution in [0, 0.1) is 5.82 Å². The molecule has 2 aliphatic rings. The molecule has 1 aliphatic carbocycles. The molecule has 1 spiro atoms. The maximum absolute atomic E-state index is 13.1. The molecule has 0 aromatic heterocycles. The van der Waals surface area contributed by atoms with Gasteiger partial charge in [0.25, 0.3) is 11.8 Å². The van der Waals surface area contributed by atoms with Gasteiger partial charge in [0, 0.05) is 12.2 Å². The van der Waals surface area contributed by atoms with Crippen LogP contribution in [0.5, 0.6) is 0 Å². The number of nitrogens with zero attached hydrogens (tertiary/aromatic N) is 1. The summed E-state index contributed by atoms with van der Waals surface area (Å²) < 4.78 is 17.9. The highest BCUT2D eigenvalue weighted by Gasteiger charge is 2.52. The Balaban J connectivity index is 1.42. The molecule has 0 bridgehead atoms. The highest BCUT2D eigenvalue weighted by atomic mass is 19.1. The van der Waals surface area contributed by atoms with E-state index in [0.29, 0.717) is 12.8 Å². The molecule has 4 amide bonds.